The number of amides is 1. The van der Waals surface area contributed by atoms with Gasteiger partial charge in [0.25, 0.3) is 5.91 Å². The predicted octanol–water partition coefficient (Wildman–Crippen LogP) is 3.30. The van der Waals surface area contributed by atoms with Crippen LogP contribution < -0.4 is 4.90 Å². The Hall–Kier alpha value is -1.98. The fourth-order valence-electron chi connectivity index (χ4n) is 3.91. The SMILES string of the molecule is Cc1ccc2c(c1)C1CN(C)CCC1N2C(=O)C=Cc1nccs1. The van der Waals surface area contributed by atoms with Crippen molar-refractivity contribution >= 4 is 29.0 Å². The molecule has 1 fully saturated rings. The molecule has 2 atom stereocenters. The van der Waals surface area contributed by atoms with Crippen molar-refractivity contribution in [1.29, 1.82) is 0 Å². The smallest absolute Gasteiger partial charge is 0.251 e. The molecule has 0 bridgehead atoms. The number of benzene rings is 1. The molecule has 0 aliphatic carbocycles. The van der Waals surface area contributed by atoms with Crippen LogP contribution in [-0.4, -0.2) is 42.0 Å². The van der Waals surface area contributed by atoms with E-state index in [1.165, 1.54) is 11.1 Å². The van der Waals surface area contributed by atoms with Gasteiger partial charge in [0, 0.05) is 41.8 Å². The number of carbonyl (C=O) groups excluding carboxylic acids is 1. The average Bonchev–Trinajstić information content (AvgIpc) is 3.18. The monoisotopic (exact) mass is 339 g/mol. The number of aryl methyl sites for hydroxylation is 1. The Balaban J connectivity index is 1.68. The van der Waals surface area contributed by atoms with Crippen LogP contribution in [0.5, 0.6) is 0 Å². The van der Waals surface area contributed by atoms with Crippen LogP contribution in [0.2, 0.25) is 0 Å². The molecule has 2 unspecified atom stereocenters. The summed E-state index contributed by atoms with van der Waals surface area (Å²) >= 11 is 1.54. The molecule has 1 amide bonds. The highest BCUT2D eigenvalue weighted by Crippen LogP contribution is 2.45. The Kier molecular flexibility index (Phi) is 3.98. The molecule has 4 rings (SSSR count). The third kappa shape index (κ3) is 2.68. The van der Waals surface area contributed by atoms with Gasteiger partial charge in [-0.3, -0.25) is 4.79 Å². The number of hydrogen-bond donors (Lipinski definition) is 0. The minimum Gasteiger partial charge on any atom is -0.306 e. The minimum absolute atomic E-state index is 0.0624. The van der Waals surface area contributed by atoms with Crippen LogP contribution in [0.4, 0.5) is 5.69 Å². The number of likely N-dealkylation sites (N-methyl/N-ethyl adjacent to an activating group) is 1. The van der Waals surface area contributed by atoms with E-state index in [0.717, 1.165) is 30.2 Å². The van der Waals surface area contributed by atoms with Gasteiger partial charge < -0.3 is 9.80 Å². The summed E-state index contributed by atoms with van der Waals surface area (Å²) in [7, 11) is 2.17. The zero-order valence-corrected chi connectivity index (χ0v) is 14.8. The Morgan fingerprint density at radius 1 is 1.42 bits per heavy atom. The van der Waals surface area contributed by atoms with Gasteiger partial charge in [0.1, 0.15) is 5.01 Å². The highest BCUT2D eigenvalue weighted by molar-refractivity contribution is 7.10. The average molecular weight is 339 g/mol. The van der Waals surface area contributed by atoms with Crippen LogP contribution in [-0.2, 0) is 4.79 Å². The fraction of sp³-hybridized carbons (Fsp3) is 0.368. The molecule has 1 aromatic heterocycles. The van der Waals surface area contributed by atoms with Crippen LogP contribution in [0.25, 0.3) is 6.08 Å². The van der Waals surface area contributed by atoms with Crippen molar-refractivity contribution in [3.63, 3.8) is 0 Å². The maximum absolute atomic E-state index is 12.9. The van der Waals surface area contributed by atoms with Crippen molar-refractivity contribution < 1.29 is 4.79 Å². The second-order valence-corrected chi connectivity index (χ2v) is 7.63. The number of rotatable bonds is 2. The van der Waals surface area contributed by atoms with Gasteiger partial charge in [0.15, 0.2) is 0 Å². The van der Waals surface area contributed by atoms with Gasteiger partial charge in [-0.2, -0.15) is 0 Å². The Bertz CT molecular complexity index is 784. The first-order chi connectivity index (χ1) is 11.6. The number of aromatic nitrogens is 1. The molecule has 3 heterocycles. The molecule has 124 valence electrons. The van der Waals surface area contributed by atoms with Crippen LogP contribution in [0, 0.1) is 6.92 Å². The van der Waals surface area contributed by atoms with E-state index in [9.17, 15) is 4.79 Å². The van der Waals surface area contributed by atoms with Crippen LogP contribution >= 0.6 is 11.3 Å². The molecule has 0 saturated carbocycles. The van der Waals surface area contributed by atoms with Gasteiger partial charge in [-0.15, -0.1) is 11.3 Å². The number of likely N-dealkylation sites (tertiary alicyclic amines) is 1. The van der Waals surface area contributed by atoms with E-state index < -0.39 is 0 Å². The molecule has 0 radical (unpaired) electrons. The zero-order chi connectivity index (χ0) is 16.7. The number of piperidine rings is 1. The first kappa shape index (κ1) is 15.5. The highest BCUT2D eigenvalue weighted by atomic mass is 32.1. The summed E-state index contributed by atoms with van der Waals surface area (Å²) in [4.78, 5) is 21.5. The molecule has 2 aromatic rings. The third-order valence-corrected chi connectivity index (χ3v) is 5.75. The highest BCUT2D eigenvalue weighted by Gasteiger charge is 2.43. The van der Waals surface area contributed by atoms with Crippen LogP contribution in [0.1, 0.15) is 28.5 Å². The molecule has 2 aliphatic rings. The summed E-state index contributed by atoms with van der Waals surface area (Å²) in [6.45, 7) is 4.17. The minimum atomic E-state index is 0.0624. The molecule has 0 spiro atoms. The first-order valence-electron chi connectivity index (χ1n) is 8.33. The lowest BCUT2D eigenvalue weighted by molar-refractivity contribution is -0.114. The number of hydrogen-bond acceptors (Lipinski definition) is 4. The van der Waals surface area contributed by atoms with Gasteiger partial charge in [0.2, 0.25) is 0 Å². The molecule has 5 heteroatoms. The van der Waals surface area contributed by atoms with Crippen LogP contribution in [0.3, 0.4) is 0 Å². The third-order valence-electron chi connectivity index (χ3n) is 5.01. The van der Waals surface area contributed by atoms with E-state index in [4.69, 9.17) is 0 Å². The summed E-state index contributed by atoms with van der Waals surface area (Å²) in [5, 5.41) is 2.79. The molecule has 0 N–H and O–H groups in total. The van der Waals surface area contributed by atoms with E-state index in [1.54, 1.807) is 23.6 Å². The van der Waals surface area contributed by atoms with E-state index in [0.29, 0.717) is 5.92 Å². The second kappa shape index (κ2) is 6.15. The molecule has 2 aliphatic heterocycles. The van der Waals surface area contributed by atoms with Crippen molar-refractivity contribution in [1.82, 2.24) is 9.88 Å². The lowest BCUT2D eigenvalue weighted by Crippen LogP contribution is -2.46. The van der Waals surface area contributed by atoms with Gasteiger partial charge in [0.05, 0.1) is 0 Å². The Morgan fingerprint density at radius 3 is 3.08 bits per heavy atom. The normalized spacial score (nSPS) is 23.5. The largest absolute Gasteiger partial charge is 0.306 e. The summed E-state index contributed by atoms with van der Waals surface area (Å²) in [6.07, 6.45) is 6.27. The van der Waals surface area contributed by atoms with Crippen LogP contribution in [0.15, 0.2) is 35.9 Å². The van der Waals surface area contributed by atoms with Crippen molar-refractivity contribution in [2.45, 2.75) is 25.3 Å². The summed E-state index contributed by atoms with van der Waals surface area (Å²) < 4.78 is 0. The standard InChI is InChI=1S/C19H21N3OS/c1-13-3-4-16-14(11-13)15-12-21(2)9-7-17(15)22(16)19(23)6-5-18-20-8-10-24-18/h3-6,8,10-11,15,17H,7,9,12H2,1-2H3. The van der Waals surface area contributed by atoms with Gasteiger partial charge in [-0.1, -0.05) is 17.7 Å². The molecule has 4 nitrogen and oxygen atoms in total. The zero-order valence-electron chi connectivity index (χ0n) is 14.0. The quantitative estimate of drug-likeness (QED) is 0.788. The van der Waals surface area contributed by atoms with Gasteiger partial charge >= 0.3 is 0 Å². The maximum atomic E-state index is 12.9. The molecule has 1 saturated heterocycles. The van der Waals surface area contributed by atoms with E-state index in [-0.39, 0.29) is 11.9 Å². The van der Waals surface area contributed by atoms with E-state index in [1.807, 2.05) is 16.4 Å². The van der Waals surface area contributed by atoms with Gasteiger partial charge in [-0.05, 0) is 44.6 Å². The van der Waals surface area contributed by atoms with Crippen molar-refractivity contribution in [2.75, 3.05) is 25.0 Å². The lowest BCUT2D eigenvalue weighted by atomic mass is 9.89. The molecule has 1 aromatic carbocycles. The van der Waals surface area contributed by atoms with E-state index >= 15 is 0 Å². The molecular weight excluding hydrogens is 318 g/mol. The number of carbonyl (C=O) groups is 1. The summed E-state index contributed by atoms with van der Waals surface area (Å²) in [5.74, 6) is 0.475. The Labute approximate surface area is 146 Å². The van der Waals surface area contributed by atoms with Gasteiger partial charge in [-0.25, -0.2) is 4.98 Å². The number of fused-ring (bicyclic) bond motifs is 3. The molecule has 24 heavy (non-hydrogen) atoms. The topological polar surface area (TPSA) is 36.4 Å². The fourth-order valence-corrected chi connectivity index (χ4v) is 4.44. The second-order valence-electron chi connectivity index (χ2n) is 6.70. The molecular formula is C19H21N3OS. The Morgan fingerprint density at radius 2 is 2.29 bits per heavy atom. The maximum Gasteiger partial charge on any atom is 0.251 e. The van der Waals surface area contributed by atoms with E-state index in [2.05, 4.69) is 42.1 Å². The number of nitrogens with zero attached hydrogens (tertiary/aromatic N) is 3. The van der Waals surface area contributed by atoms with Crippen molar-refractivity contribution in [3.8, 4) is 0 Å². The van der Waals surface area contributed by atoms with Crippen molar-refractivity contribution in [2.24, 2.45) is 0 Å². The first-order valence-corrected chi connectivity index (χ1v) is 9.21. The lowest BCUT2D eigenvalue weighted by Gasteiger charge is -2.36. The summed E-state index contributed by atoms with van der Waals surface area (Å²) in [5.41, 5.74) is 3.66. The number of anilines is 1. The predicted molar refractivity (Wildman–Crippen MR) is 98.5 cm³/mol. The summed E-state index contributed by atoms with van der Waals surface area (Å²) in [6, 6.07) is 6.73. The number of thiazole rings is 1. The van der Waals surface area contributed by atoms with Crippen molar-refractivity contribution in [3.05, 3.63) is 52.0 Å².